The van der Waals surface area contributed by atoms with E-state index in [2.05, 4.69) is 15.9 Å². The second kappa shape index (κ2) is 6.42. The van der Waals surface area contributed by atoms with Crippen molar-refractivity contribution in [3.63, 3.8) is 0 Å². The van der Waals surface area contributed by atoms with Crippen molar-refractivity contribution in [3.05, 3.63) is 63.6 Å². The molecule has 19 heavy (non-hydrogen) atoms. The lowest BCUT2D eigenvalue weighted by Crippen LogP contribution is -2.29. The molecule has 2 aromatic carbocycles. The minimum atomic E-state index is -0.269. The molecule has 0 aliphatic heterocycles. The fraction of sp³-hybridized carbons (Fsp3) is 0.200. The molecule has 2 N–H and O–H groups in total. The van der Waals surface area contributed by atoms with Crippen molar-refractivity contribution in [1.82, 2.24) is 0 Å². The summed E-state index contributed by atoms with van der Waals surface area (Å²) in [7, 11) is 0. The van der Waals surface area contributed by atoms with Crippen LogP contribution in [-0.2, 0) is 0 Å². The van der Waals surface area contributed by atoms with Gasteiger partial charge in [0.15, 0.2) is 0 Å². The van der Waals surface area contributed by atoms with Gasteiger partial charge in [-0.3, -0.25) is 0 Å². The van der Waals surface area contributed by atoms with Crippen LogP contribution >= 0.6 is 27.5 Å². The predicted octanol–water partition coefficient (Wildman–Crippen LogP) is 4.57. The average Bonchev–Trinajstić information content (AvgIpc) is 2.39. The highest BCUT2D eigenvalue weighted by Gasteiger charge is 2.20. The van der Waals surface area contributed by atoms with Gasteiger partial charge in [0.25, 0.3) is 0 Å². The monoisotopic (exact) mass is 339 g/mol. The van der Waals surface area contributed by atoms with Gasteiger partial charge in [-0.05, 0) is 37.3 Å². The fourth-order valence-corrected chi connectivity index (χ4v) is 2.33. The van der Waals surface area contributed by atoms with Crippen LogP contribution in [0.15, 0.2) is 53.0 Å². The molecule has 0 saturated heterocycles. The van der Waals surface area contributed by atoms with Crippen molar-refractivity contribution in [2.45, 2.75) is 19.1 Å². The van der Waals surface area contributed by atoms with E-state index in [4.69, 9.17) is 22.1 Å². The van der Waals surface area contributed by atoms with Gasteiger partial charge in [-0.1, -0.05) is 45.7 Å². The Labute approximate surface area is 126 Å². The molecule has 0 heterocycles. The first-order valence-electron chi connectivity index (χ1n) is 6.00. The van der Waals surface area contributed by atoms with E-state index >= 15 is 0 Å². The van der Waals surface area contributed by atoms with E-state index in [1.54, 1.807) is 0 Å². The molecule has 0 spiro atoms. The van der Waals surface area contributed by atoms with Crippen molar-refractivity contribution in [2.24, 2.45) is 5.73 Å². The molecule has 0 radical (unpaired) electrons. The SMILES string of the molecule is CC(N)C(Oc1ccc(Br)cc1)c1ccccc1Cl. The van der Waals surface area contributed by atoms with Crippen LogP contribution in [0.3, 0.4) is 0 Å². The zero-order valence-corrected chi connectivity index (χ0v) is 12.9. The maximum absolute atomic E-state index is 6.21. The fourth-order valence-electron chi connectivity index (χ4n) is 1.82. The van der Waals surface area contributed by atoms with Gasteiger partial charge >= 0.3 is 0 Å². The van der Waals surface area contributed by atoms with Crippen LogP contribution in [0.2, 0.25) is 5.02 Å². The largest absolute Gasteiger partial charge is 0.484 e. The maximum Gasteiger partial charge on any atom is 0.140 e. The Morgan fingerprint density at radius 1 is 1.11 bits per heavy atom. The molecule has 4 heteroatoms. The van der Waals surface area contributed by atoms with E-state index in [0.717, 1.165) is 15.8 Å². The molecule has 0 amide bonds. The molecule has 2 rings (SSSR count). The van der Waals surface area contributed by atoms with Crippen LogP contribution < -0.4 is 10.5 Å². The Kier molecular flexibility index (Phi) is 4.86. The Morgan fingerprint density at radius 2 is 1.74 bits per heavy atom. The molecule has 2 atom stereocenters. The van der Waals surface area contributed by atoms with E-state index in [-0.39, 0.29) is 12.1 Å². The van der Waals surface area contributed by atoms with Gasteiger partial charge in [-0.2, -0.15) is 0 Å². The van der Waals surface area contributed by atoms with Gasteiger partial charge in [0.05, 0.1) is 0 Å². The summed E-state index contributed by atoms with van der Waals surface area (Å²) in [6.07, 6.45) is -0.269. The number of hydrogen-bond donors (Lipinski definition) is 1. The van der Waals surface area contributed by atoms with Gasteiger partial charge in [0.1, 0.15) is 11.9 Å². The minimum absolute atomic E-state index is 0.163. The molecule has 0 fully saturated rings. The van der Waals surface area contributed by atoms with Crippen molar-refractivity contribution in [1.29, 1.82) is 0 Å². The zero-order chi connectivity index (χ0) is 13.8. The number of hydrogen-bond acceptors (Lipinski definition) is 2. The van der Waals surface area contributed by atoms with E-state index in [0.29, 0.717) is 5.02 Å². The second-order valence-electron chi connectivity index (χ2n) is 4.37. The van der Waals surface area contributed by atoms with E-state index in [1.165, 1.54) is 0 Å². The molecule has 2 aromatic rings. The van der Waals surface area contributed by atoms with E-state index in [9.17, 15) is 0 Å². The van der Waals surface area contributed by atoms with Crippen LogP contribution in [0, 0.1) is 0 Å². The maximum atomic E-state index is 6.21. The standard InChI is InChI=1S/C15H15BrClNO/c1-10(18)15(13-4-2-3-5-14(13)17)19-12-8-6-11(16)7-9-12/h2-10,15H,18H2,1H3. The lowest BCUT2D eigenvalue weighted by molar-refractivity contribution is 0.180. The summed E-state index contributed by atoms with van der Waals surface area (Å²) in [5, 5.41) is 0.668. The summed E-state index contributed by atoms with van der Waals surface area (Å²) in [6.45, 7) is 1.91. The molecule has 2 nitrogen and oxygen atoms in total. The first kappa shape index (κ1) is 14.4. The van der Waals surface area contributed by atoms with Gasteiger partial charge in [-0.25, -0.2) is 0 Å². The predicted molar refractivity (Wildman–Crippen MR) is 82.6 cm³/mol. The first-order chi connectivity index (χ1) is 9.08. The number of rotatable bonds is 4. The number of nitrogens with two attached hydrogens (primary N) is 1. The second-order valence-corrected chi connectivity index (χ2v) is 5.70. The highest BCUT2D eigenvalue weighted by molar-refractivity contribution is 9.10. The Balaban J connectivity index is 2.27. The molecular formula is C15H15BrClNO. The number of ether oxygens (including phenoxy) is 1. The van der Waals surface area contributed by atoms with Gasteiger partial charge in [0.2, 0.25) is 0 Å². The van der Waals surface area contributed by atoms with E-state index in [1.807, 2.05) is 55.5 Å². The summed E-state index contributed by atoms with van der Waals surface area (Å²) < 4.78 is 6.98. The quantitative estimate of drug-likeness (QED) is 0.885. The third-order valence-corrected chi connectivity index (χ3v) is 3.64. The topological polar surface area (TPSA) is 35.2 Å². The van der Waals surface area contributed by atoms with Crippen LogP contribution in [0.25, 0.3) is 0 Å². The van der Waals surface area contributed by atoms with Crippen molar-refractivity contribution < 1.29 is 4.74 Å². The Hall–Kier alpha value is -1.03. The average molecular weight is 341 g/mol. The molecular weight excluding hydrogens is 326 g/mol. The highest BCUT2D eigenvalue weighted by Crippen LogP contribution is 2.29. The summed E-state index contributed by atoms with van der Waals surface area (Å²) in [4.78, 5) is 0. The Morgan fingerprint density at radius 3 is 2.32 bits per heavy atom. The van der Waals surface area contributed by atoms with E-state index < -0.39 is 0 Å². The summed E-state index contributed by atoms with van der Waals surface area (Å²) in [5.41, 5.74) is 6.93. The van der Waals surface area contributed by atoms with Crippen molar-refractivity contribution in [3.8, 4) is 5.75 Å². The molecule has 0 aliphatic carbocycles. The molecule has 0 saturated carbocycles. The summed E-state index contributed by atoms with van der Waals surface area (Å²) in [6, 6.07) is 15.1. The third kappa shape index (κ3) is 3.72. The van der Waals surface area contributed by atoms with Gasteiger partial charge in [-0.15, -0.1) is 0 Å². The zero-order valence-electron chi connectivity index (χ0n) is 10.5. The smallest absolute Gasteiger partial charge is 0.140 e. The van der Waals surface area contributed by atoms with Crippen LogP contribution in [-0.4, -0.2) is 6.04 Å². The molecule has 0 aromatic heterocycles. The van der Waals surface area contributed by atoms with Gasteiger partial charge < -0.3 is 10.5 Å². The Bertz CT molecular complexity index is 542. The van der Waals surface area contributed by atoms with Crippen LogP contribution in [0.5, 0.6) is 5.75 Å². The van der Waals surface area contributed by atoms with Gasteiger partial charge in [0, 0.05) is 21.1 Å². The lowest BCUT2D eigenvalue weighted by Gasteiger charge is -2.23. The summed E-state index contributed by atoms with van der Waals surface area (Å²) in [5.74, 6) is 0.769. The third-order valence-electron chi connectivity index (χ3n) is 2.77. The normalized spacial score (nSPS) is 13.9. The lowest BCUT2D eigenvalue weighted by atomic mass is 10.0. The molecule has 0 bridgehead atoms. The number of halogens is 2. The van der Waals surface area contributed by atoms with Crippen LogP contribution in [0.1, 0.15) is 18.6 Å². The van der Waals surface area contributed by atoms with Crippen LogP contribution in [0.4, 0.5) is 0 Å². The molecule has 100 valence electrons. The number of benzene rings is 2. The molecule has 0 aliphatic rings. The summed E-state index contributed by atoms with van der Waals surface area (Å²) >= 11 is 9.61. The minimum Gasteiger partial charge on any atom is -0.484 e. The molecule has 2 unspecified atom stereocenters. The first-order valence-corrected chi connectivity index (χ1v) is 7.17. The van der Waals surface area contributed by atoms with Crippen molar-refractivity contribution >= 4 is 27.5 Å². The van der Waals surface area contributed by atoms with Crippen molar-refractivity contribution in [2.75, 3.05) is 0 Å². The highest BCUT2D eigenvalue weighted by atomic mass is 79.9.